The highest BCUT2D eigenvalue weighted by Crippen LogP contribution is 2.29. The maximum atomic E-state index is 6.05. The van der Waals surface area contributed by atoms with Crippen molar-refractivity contribution in [2.45, 2.75) is 53.2 Å². The van der Waals surface area contributed by atoms with E-state index in [4.69, 9.17) is 21.4 Å². The largest absolute Gasteiger partial charge is 0.485 e. The number of furan rings is 1. The Labute approximate surface area is 159 Å². The molecule has 3 aromatic rings. The molecule has 0 fully saturated rings. The average molecular weight is 372 g/mol. The fraction of sp³-hybridized carbons (Fsp3) is 0.400. The van der Waals surface area contributed by atoms with E-state index in [0.717, 1.165) is 30.3 Å². The predicted octanol–water partition coefficient (Wildman–Crippen LogP) is 5.62. The van der Waals surface area contributed by atoms with Gasteiger partial charge in [-0.05, 0) is 60.8 Å². The van der Waals surface area contributed by atoms with Crippen molar-refractivity contribution < 1.29 is 9.15 Å². The second-order valence-electron chi connectivity index (χ2n) is 6.75. The maximum Gasteiger partial charge on any atom is 0.198 e. The Hall–Kier alpha value is -2.34. The van der Waals surface area contributed by atoms with Crippen LogP contribution in [0.1, 0.15) is 50.0 Å². The van der Waals surface area contributed by atoms with Crippen LogP contribution in [0.15, 0.2) is 34.7 Å². The summed E-state index contributed by atoms with van der Waals surface area (Å²) in [4.78, 5) is 0. The Balaban J connectivity index is 1.78. The van der Waals surface area contributed by atoms with Crippen molar-refractivity contribution in [3.63, 3.8) is 0 Å². The molecule has 3 rings (SSSR count). The number of rotatable bonds is 7. The van der Waals surface area contributed by atoms with Gasteiger partial charge in [-0.2, -0.15) is 5.10 Å². The number of nitrogens with zero attached hydrogens (tertiary/aromatic N) is 2. The zero-order chi connectivity index (χ0) is 18.7. The number of hydrogen-bond acceptors (Lipinski definition) is 4. The molecule has 0 aliphatic rings. The Morgan fingerprint density at radius 3 is 2.81 bits per heavy atom. The van der Waals surface area contributed by atoms with Crippen molar-refractivity contribution in [1.29, 1.82) is 0 Å². The standard InChI is InChI=1S/C20H25N3O2S/c1-5-10-23-19(21-22-20(23)26)17-9-7-15(25-17)12-24-18-11-14(4)6-8-16(18)13(2)3/h6-9,11,13H,5,10,12H2,1-4H3,(H,22,26). The van der Waals surface area contributed by atoms with Crippen LogP contribution in [0, 0.1) is 11.7 Å². The smallest absolute Gasteiger partial charge is 0.198 e. The van der Waals surface area contributed by atoms with Crippen LogP contribution in [-0.4, -0.2) is 14.8 Å². The van der Waals surface area contributed by atoms with Gasteiger partial charge < -0.3 is 9.15 Å². The molecule has 0 aliphatic carbocycles. The van der Waals surface area contributed by atoms with E-state index in [1.165, 1.54) is 11.1 Å². The van der Waals surface area contributed by atoms with E-state index in [-0.39, 0.29) is 0 Å². The zero-order valence-corrected chi connectivity index (χ0v) is 16.5. The molecule has 1 aromatic carbocycles. The second kappa shape index (κ2) is 7.91. The van der Waals surface area contributed by atoms with Crippen LogP contribution in [0.3, 0.4) is 0 Å². The second-order valence-corrected chi connectivity index (χ2v) is 7.14. The number of benzene rings is 1. The molecule has 0 bridgehead atoms. The third-order valence-corrected chi connectivity index (χ3v) is 4.56. The summed E-state index contributed by atoms with van der Waals surface area (Å²) in [6.45, 7) is 9.69. The molecule has 0 aliphatic heterocycles. The third kappa shape index (κ3) is 3.90. The molecule has 0 atom stereocenters. The summed E-state index contributed by atoms with van der Waals surface area (Å²) in [7, 11) is 0. The highest BCUT2D eigenvalue weighted by atomic mass is 32.1. The molecule has 0 spiro atoms. The van der Waals surface area contributed by atoms with Gasteiger partial charge in [-0.3, -0.25) is 9.67 Å². The molecule has 0 amide bonds. The molecule has 5 nitrogen and oxygen atoms in total. The topological polar surface area (TPSA) is 56.0 Å². The van der Waals surface area contributed by atoms with Gasteiger partial charge in [0.05, 0.1) is 0 Å². The normalized spacial score (nSPS) is 11.3. The molecule has 6 heteroatoms. The number of aromatic amines is 1. The lowest BCUT2D eigenvalue weighted by Crippen LogP contribution is -2.00. The molecule has 1 N–H and O–H groups in total. The van der Waals surface area contributed by atoms with Gasteiger partial charge in [0.25, 0.3) is 0 Å². The molecule has 2 heterocycles. The molecule has 0 saturated carbocycles. The summed E-state index contributed by atoms with van der Waals surface area (Å²) in [5, 5.41) is 7.13. The summed E-state index contributed by atoms with van der Waals surface area (Å²) in [5.74, 6) is 3.49. The van der Waals surface area contributed by atoms with Crippen molar-refractivity contribution in [2.24, 2.45) is 0 Å². The van der Waals surface area contributed by atoms with Crippen molar-refractivity contribution in [1.82, 2.24) is 14.8 Å². The summed E-state index contributed by atoms with van der Waals surface area (Å²) in [6.07, 6.45) is 0.975. The van der Waals surface area contributed by atoms with Crippen LogP contribution in [0.2, 0.25) is 0 Å². The quantitative estimate of drug-likeness (QED) is 0.548. The third-order valence-electron chi connectivity index (χ3n) is 4.25. The maximum absolute atomic E-state index is 6.05. The minimum atomic E-state index is 0.377. The van der Waals surface area contributed by atoms with Gasteiger partial charge in [0.1, 0.15) is 18.1 Å². The van der Waals surface area contributed by atoms with Gasteiger partial charge in [-0.15, -0.1) is 0 Å². The molecule has 0 radical (unpaired) electrons. The molecule has 26 heavy (non-hydrogen) atoms. The fourth-order valence-electron chi connectivity index (χ4n) is 2.90. The van der Waals surface area contributed by atoms with E-state index in [0.29, 0.717) is 23.1 Å². The number of ether oxygens (including phenoxy) is 1. The summed E-state index contributed by atoms with van der Waals surface area (Å²) < 4.78 is 14.6. The van der Waals surface area contributed by atoms with Crippen LogP contribution in [0.5, 0.6) is 5.75 Å². The van der Waals surface area contributed by atoms with Crippen molar-refractivity contribution in [3.05, 3.63) is 52.0 Å². The van der Waals surface area contributed by atoms with Crippen LogP contribution in [0.25, 0.3) is 11.6 Å². The van der Waals surface area contributed by atoms with E-state index in [2.05, 4.69) is 56.1 Å². The van der Waals surface area contributed by atoms with Gasteiger partial charge in [0.2, 0.25) is 0 Å². The van der Waals surface area contributed by atoms with E-state index < -0.39 is 0 Å². The first kappa shape index (κ1) is 18.5. The molecule has 2 aromatic heterocycles. The van der Waals surface area contributed by atoms with Crippen LogP contribution < -0.4 is 4.74 Å². The molecule has 0 saturated heterocycles. The predicted molar refractivity (Wildman–Crippen MR) is 105 cm³/mol. The van der Waals surface area contributed by atoms with Crippen LogP contribution in [0.4, 0.5) is 0 Å². The molecule has 0 unspecified atom stereocenters. The minimum absolute atomic E-state index is 0.377. The van der Waals surface area contributed by atoms with Crippen LogP contribution in [-0.2, 0) is 13.2 Å². The SMILES string of the molecule is CCCn1c(-c2ccc(COc3cc(C)ccc3C(C)C)o2)n[nH]c1=S. The number of hydrogen-bond donors (Lipinski definition) is 1. The highest BCUT2D eigenvalue weighted by Gasteiger charge is 2.14. The van der Waals surface area contributed by atoms with Crippen molar-refractivity contribution >= 4 is 12.2 Å². The summed E-state index contributed by atoms with van der Waals surface area (Å²) >= 11 is 5.29. The fourth-order valence-corrected chi connectivity index (χ4v) is 3.13. The Morgan fingerprint density at radius 1 is 1.27 bits per heavy atom. The molecular formula is C20H25N3O2S. The van der Waals surface area contributed by atoms with Gasteiger partial charge in [0.15, 0.2) is 16.4 Å². The minimum Gasteiger partial charge on any atom is -0.485 e. The van der Waals surface area contributed by atoms with Gasteiger partial charge >= 0.3 is 0 Å². The number of nitrogens with one attached hydrogen (secondary N) is 1. The number of H-pyrrole nitrogens is 1. The molecule has 138 valence electrons. The van der Waals surface area contributed by atoms with E-state index in [1.807, 2.05) is 16.7 Å². The van der Waals surface area contributed by atoms with Gasteiger partial charge in [-0.1, -0.05) is 32.9 Å². The highest BCUT2D eigenvalue weighted by molar-refractivity contribution is 7.71. The lowest BCUT2D eigenvalue weighted by molar-refractivity contribution is 0.268. The number of aromatic nitrogens is 3. The van der Waals surface area contributed by atoms with Crippen molar-refractivity contribution in [3.8, 4) is 17.3 Å². The average Bonchev–Trinajstić information content (AvgIpc) is 3.20. The van der Waals surface area contributed by atoms with Crippen LogP contribution >= 0.6 is 12.2 Å². The van der Waals surface area contributed by atoms with Crippen molar-refractivity contribution in [2.75, 3.05) is 0 Å². The van der Waals surface area contributed by atoms with Gasteiger partial charge in [-0.25, -0.2) is 0 Å². The van der Waals surface area contributed by atoms with E-state index in [9.17, 15) is 0 Å². The first-order valence-electron chi connectivity index (χ1n) is 8.97. The first-order chi connectivity index (χ1) is 12.5. The summed E-state index contributed by atoms with van der Waals surface area (Å²) in [6, 6.07) is 10.2. The lowest BCUT2D eigenvalue weighted by Gasteiger charge is -2.14. The Bertz CT molecular complexity index is 937. The van der Waals surface area contributed by atoms with Gasteiger partial charge in [0, 0.05) is 6.54 Å². The van der Waals surface area contributed by atoms with E-state index in [1.54, 1.807) is 0 Å². The monoisotopic (exact) mass is 371 g/mol. The Kier molecular flexibility index (Phi) is 5.61. The lowest BCUT2D eigenvalue weighted by atomic mass is 10.0. The summed E-state index contributed by atoms with van der Waals surface area (Å²) in [5.41, 5.74) is 2.38. The molecular weight excluding hydrogens is 346 g/mol. The number of aryl methyl sites for hydroxylation is 1. The Morgan fingerprint density at radius 2 is 2.08 bits per heavy atom. The van der Waals surface area contributed by atoms with E-state index >= 15 is 0 Å². The first-order valence-corrected chi connectivity index (χ1v) is 9.38. The zero-order valence-electron chi connectivity index (χ0n) is 15.7.